The van der Waals surface area contributed by atoms with Crippen molar-refractivity contribution in [2.24, 2.45) is 0 Å². The van der Waals surface area contributed by atoms with Crippen LogP contribution in [-0.4, -0.2) is 82.5 Å². The first kappa shape index (κ1) is 26.0. The fraction of sp³-hybridized carbons (Fsp3) is 0.476. The second-order valence-electron chi connectivity index (χ2n) is 7.63. The predicted molar refractivity (Wildman–Crippen MR) is 109 cm³/mol. The zero-order valence-corrected chi connectivity index (χ0v) is 18.0. The molecule has 2 atom stereocenters. The van der Waals surface area contributed by atoms with Gasteiger partial charge in [0, 0.05) is 25.2 Å². The fourth-order valence-corrected chi connectivity index (χ4v) is 3.28. The number of ether oxygens (including phenoxy) is 2. The van der Waals surface area contributed by atoms with Gasteiger partial charge in [-0.15, -0.1) is 0 Å². The maximum atomic E-state index is 12.7. The number of carbonyl (C=O) groups is 3. The van der Waals surface area contributed by atoms with Gasteiger partial charge in [0.2, 0.25) is 0 Å². The Hall–Kier alpha value is -3.28. The summed E-state index contributed by atoms with van der Waals surface area (Å²) >= 11 is 0. The number of carboxylic acids is 2. The molecule has 0 radical (unpaired) electrons. The van der Waals surface area contributed by atoms with Crippen molar-refractivity contribution in [2.75, 3.05) is 26.2 Å². The predicted octanol–water partition coefficient (Wildman–Crippen LogP) is 2.71. The molecule has 2 heterocycles. The smallest absolute Gasteiger partial charge is 0.416 e. The van der Waals surface area contributed by atoms with Gasteiger partial charge in [-0.05, 0) is 32.0 Å². The number of carboxylic acid groups (broad SMARTS) is 2. The Bertz CT molecular complexity index is 859. The Morgan fingerprint density at radius 3 is 2.00 bits per heavy atom. The van der Waals surface area contributed by atoms with Crippen molar-refractivity contribution in [2.45, 2.75) is 38.3 Å². The number of aliphatic carboxylic acids is 2. The Labute approximate surface area is 188 Å². The largest absolute Gasteiger partial charge is 0.487 e. The normalized spacial score (nSPS) is 21.1. The van der Waals surface area contributed by atoms with Crippen LogP contribution in [0, 0.1) is 0 Å². The molecule has 0 aliphatic carbocycles. The van der Waals surface area contributed by atoms with Crippen molar-refractivity contribution in [3.05, 3.63) is 42.0 Å². The van der Waals surface area contributed by atoms with E-state index in [1.54, 1.807) is 9.80 Å². The standard InChI is InChI=1S/C17H21F3N2O3.C4H4O4/c1-11-7-21(8-12(2)24-11)16(23)22-9-15(10-22)25-14-5-3-4-13(6-14)17(18,19)20;5-3(6)1-2-4(7)8/h3-6,11-12,15H,7-10H2,1-2H3;1-2H,(H,5,6)(H,7,8)/b;2-1+. The van der Waals surface area contributed by atoms with Crippen LogP contribution >= 0.6 is 0 Å². The summed E-state index contributed by atoms with van der Waals surface area (Å²) in [5.74, 6) is -2.35. The van der Waals surface area contributed by atoms with Crippen LogP contribution in [0.25, 0.3) is 0 Å². The highest BCUT2D eigenvalue weighted by molar-refractivity contribution is 5.89. The van der Waals surface area contributed by atoms with Crippen molar-refractivity contribution in [1.82, 2.24) is 9.80 Å². The number of hydrogen-bond donors (Lipinski definition) is 2. The van der Waals surface area contributed by atoms with E-state index in [0.717, 1.165) is 12.1 Å². The van der Waals surface area contributed by atoms with Crippen molar-refractivity contribution in [3.63, 3.8) is 0 Å². The highest BCUT2D eigenvalue weighted by atomic mass is 19.4. The summed E-state index contributed by atoms with van der Waals surface area (Å²) in [6.45, 7) is 5.67. The van der Waals surface area contributed by atoms with Crippen molar-refractivity contribution < 1.29 is 47.2 Å². The molecule has 1 aromatic rings. The molecule has 0 bridgehead atoms. The SMILES string of the molecule is CC1CN(C(=O)N2CC(Oc3cccc(C(F)(F)F)c3)C2)CC(C)O1.O=C(O)/C=C/C(=O)O. The molecule has 2 aliphatic rings. The number of morpholine rings is 1. The monoisotopic (exact) mass is 474 g/mol. The quantitative estimate of drug-likeness (QED) is 0.645. The molecule has 3 rings (SSSR count). The minimum Gasteiger partial charge on any atom is -0.487 e. The lowest BCUT2D eigenvalue weighted by atomic mass is 10.1. The first-order valence-corrected chi connectivity index (χ1v) is 10.0. The minimum atomic E-state index is -4.40. The van der Waals surface area contributed by atoms with Crippen LogP contribution < -0.4 is 4.74 Å². The molecule has 33 heavy (non-hydrogen) atoms. The van der Waals surface area contributed by atoms with Gasteiger partial charge in [-0.2, -0.15) is 13.2 Å². The topological polar surface area (TPSA) is 117 Å². The average Bonchev–Trinajstić information content (AvgIpc) is 2.67. The Morgan fingerprint density at radius 2 is 1.52 bits per heavy atom. The van der Waals surface area contributed by atoms with Gasteiger partial charge >= 0.3 is 24.1 Å². The van der Waals surface area contributed by atoms with Gasteiger partial charge in [-0.3, -0.25) is 0 Å². The number of nitrogens with zero attached hydrogens (tertiary/aromatic N) is 2. The number of hydrogen-bond acceptors (Lipinski definition) is 5. The van der Waals surface area contributed by atoms with E-state index in [1.807, 2.05) is 13.8 Å². The van der Waals surface area contributed by atoms with Crippen LogP contribution in [0.2, 0.25) is 0 Å². The Morgan fingerprint density at radius 1 is 1.00 bits per heavy atom. The molecule has 2 N–H and O–H groups in total. The summed E-state index contributed by atoms with van der Waals surface area (Å²) in [6.07, 6.45) is -3.59. The molecule has 2 amide bonds. The van der Waals surface area contributed by atoms with E-state index >= 15 is 0 Å². The first-order chi connectivity index (χ1) is 15.3. The van der Waals surface area contributed by atoms with E-state index < -0.39 is 23.7 Å². The fourth-order valence-electron chi connectivity index (χ4n) is 3.28. The molecule has 0 spiro atoms. The number of urea groups is 1. The van der Waals surface area contributed by atoms with Crippen LogP contribution in [0.4, 0.5) is 18.0 Å². The highest BCUT2D eigenvalue weighted by Crippen LogP contribution is 2.32. The molecule has 182 valence electrons. The zero-order valence-electron chi connectivity index (χ0n) is 18.0. The summed E-state index contributed by atoms with van der Waals surface area (Å²) in [4.78, 5) is 34.9. The van der Waals surface area contributed by atoms with E-state index in [1.165, 1.54) is 12.1 Å². The summed E-state index contributed by atoms with van der Waals surface area (Å²) in [5.41, 5.74) is -0.742. The third kappa shape index (κ3) is 8.29. The van der Waals surface area contributed by atoms with E-state index in [9.17, 15) is 27.6 Å². The van der Waals surface area contributed by atoms with Gasteiger partial charge in [0.25, 0.3) is 0 Å². The second-order valence-corrected chi connectivity index (χ2v) is 7.63. The lowest BCUT2D eigenvalue weighted by Gasteiger charge is -2.44. The van der Waals surface area contributed by atoms with E-state index in [4.69, 9.17) is 19.7 Å². The number of alkyl halides is 3. The third-order valence-corrected chi connectivity index (χ3v) is 4.64. The van der Waals surface area contributed by atoms with E-state index in [2.05, 4.69) is 0 Å². The number of benzene rings is 1. The summed E-state index contributed by atoms with van der Waals surface area (Å²) < 4.78 is 49.3. The number of likely N-dealkylation sites (tertiary alicyclic amines) is 1. The maximum absolute atomic E-state index is 12.7. The molecule has 2 aliphatic heterocycles. The lowest BCUT2D eigenvalue weighted by molar-refractivity contribution is -0.137. The number of halogens is 3. The van der Waals surface area contributed by atoms with Gasteiger partial charge in [0.15, 0.2) is 0 Å². The number of rotatable bonds is 4. The molecule has 9 nitrogen and oxygen atoms in total. The van der Waals surface area contributed by atoms with Gasteiger partial charge in [0.1, 0.15) is 11.9 Å². The van der Waals surface area contributed by atoms with Gasteiger partial charge < -0.3 is 29.5 Å². The molecule has 2 unspecified atom stereocenters. The minimum absolute atomic E-state index is 0.00821. The molecule has 2 saturated heterocycles. The van der Waals surface area contributed by atoms with Crippen molar-refractivity contribution in [1.29, 1.82) is 0 Å². The zero-order chi connectivity index (χ0) is 24.8. The van der Waals surface area contributed by atoms with Crippen LogP contribution in [0.1, 0.15) is 19.4 Å². The maximum Gasteiger partial charge on any atom is 0.416 e. The third-order valence-electron chi connectivity index (χ3n) is 4.64. The van der Waals surface area contributed by atoms with Crippen molar-refractivity contribution >= 4 is 18.0 Å². The first-order valence-electron chi connectivity index (χ1n) is 10.0. The number of carbonyl (C=O) groups excluding carboxylic acids is 1. The van der Waals surface area contributed by atoms with Crippen LogP contribution in [0.5, 0.6) is 5.75 Å². The molecule has 1 aromatic carbocycles. The van der Waals surface area contributed by atoms with Crippen molar-refractivity contribution in [3.8, 4) is 5.75 Å². The molecular weight excluding hydrogens is 449 g/mol. The van der Waals surface area contributed by atoms with Crippen LogP contribution in [-0.2, 0) is 20.5 Å². The number of amides is 2. The van der Waals surface area contributed by atoms with E-state index in [-0.39, 0.29) is 30.1 Å². The van der Waals surface area contributed by atoms with Gasteiger partial charge in [0.05, 0.1) is 30.9 Å². The molecule has 0 saturated carbocycles. The van der Waals surface area contributed by atoms with Gasteiger partial charge in [-0.1, -0.05) is 6.07 Å². The summed E-state index contributed by atoms with van der Waals surface area (Å²) in [5, 5.41) is 15.6. The Balaban J connectivity index is 0.000000414. The molecular formula is C21H25F3N2O7. The summed E-state index contributed by atoms with van der Waals surface area (Å²) in [7, 11) is 0. The van der Waals surface area contributed by atoms with Crippen LogP contribution in [0.15, 0.2) is 36.4 Å². The Kier molecular flexibility index (Phi) is 8.69. The van der Waals surface area contributed by atoms with E-state index in [0.29, 0.717) is 38.3 Å². The lowest BCUT2D eigenvalue weighted by Crippen LogP contribution is -2.62. The average molecular weight is 474 g/mol. The molecule has 0 aromatic heterocycles. The molecule has 12 heteroatoms. The summed E-state index contributed by atoms with van der Waals surface area (Å²) in [6, 6.07) is 4.72. The van der Waals surface area contributed by atoms with Crippen LogP contribution in [0.3, 0.4) is 0 Å². The van der Waals surface area contributed by atoms with Gasteiger partial charge in [-0.25, -0.2) is 14.4 Å². The second kappa shape index (κ2) is 11.0. The highest BCUT2D eigenvalue weighted by Gasteiger charge is 2.37. The molecule has 2 fully saturated rings.